The lowest BCUT2D eigenvalue weighted by Crippen LogP contribution is -2.30. The highest BCUT2D eigenvalue weighted by Gasteiger charge is 2.27. The Morgan fingerprint density at radius 2 is 1.83 bits per heavy atom. The first-order valence-electron chi connectivity index (χ1n) is 12.1. The lowest BCUT2D eigenvalue weighted by atomic mass is 9.42. The molecule has 0 atom stereocenters. The van der Waals surface area contributed by atoms with Crippen LogP contribution in [0, 0.1) is 24.0 Å². The highest BCUT2D eigenvalue weighted by Crippen LogP contribution is 2.32. The van der Waals surface area contributed by atoms with E-state index in [2.05, 4.69) is 11.0 Å². The van der Waals surface area contributed by atoms with Gasteiger partial charge in [-0.3, -0.25) is 4.79 Å². The van der Waals surface area contributed by atoms with Crippen LogP contribution in [-0.4, -0.2) is 35.3 Å². The number of benzene rings is 1. The number of aryl methyl sites for hydroxylation is 1. The van der Waals surface area contributed by atoms with E-state index in [4.69, 9.17) is 5.26 Å². The second-order valence-electron chi connectivity index (χ2n) is 9.06. The van der Waals surface area contributed by atoms with Crippen molar-refractivity contribution in [2.45, 2.75) is 57.2 Å². The van der Waals surface area contributed by atoms with Crippen LogP contribution in [0.15, 0.2) is 52.5 Å². The maximum absolute atomic E-state index is 14.7. The Morgan fingerprint density at radius 3 is 2.47 bits per heavy atom. The van der Waals surface area contributed by atoms with Crippen molar-refractivity contribution in [1.29, 1.82) is 5.26 Å². The average Bonchev–Trinajstić information content (AvgIpc) is 3.25. The standard InChI is InChI=1S/C24H22BFN4O3S.C2H6/c1-15-12-29-13-18(10-20(26)23(29)28-15)17-9-16-5-8-30(19-3-6-25(14-27)7-4-19)24(31)22(16)21(11-17)34(2,32)33;1-2/h5,8-13,19H,3-4,6-7H2,1-2H3;1-2H3. The molecular weight excluding hydrogens is 478 g/mol. The molecule has 10 heteroatoms. The number of rotatable bonds is 3. The Balaban J connectivity index is 0.00000148. The molecule has 1 aliphatic rings. The van der Waals surface area contributed by atoms with Crippen LogP contribution in [0.25, 0.3) is 27.5 Å². The zero-order valence-corrected chi connectivity index (χ0v) is 21.6. The molecule has 0 spiro atoms. The smallest absolute Gasteiger partial charge is 0.268 e. The molecule has 3 aromatic heterocycles. The van der Waals surface area contributed by atoms with E-state index < -0.39 is 15.7 Å². The van der Waals surface area contributed by atoms with Gasteiger partial charge in [0.15, 0.2) is 21.3 Å². The third kappa shape index (κ3) is 4.68. The summed E-state index contributed by atoms with van der Waals surface area (Å²) in [5.74, 6) is 1.77. The third-order valence-corrected chi connectivity index (χ3v) is 7.75. The molecule has 1 aromatic carbocycles. The van der Waals surface area contributed by atoms with Crippen molar-refractivity contribution < 1.29 is 12.8 Å². The maximum Gasteiger partial charge on any atom is 0.268 e. The number of halogens is 1. The minimum absolute atomic E-state index is 0.00133. The molecule has 36 heavy (non-hydrogen) atoms. The molecule has 0 amide bonds. The van der Waals surface area contributed by atoms with Gasteiger partial charge in [-0.25, -0.2) is 23.1 Å². The second-order valence-corrected chi connectivity index (χ2v) is 11.0. The molecule has 0 bridgehead atoms. The summed E-state index contributed by atoms with van der Waals surface area (Å²) in [4.78, 5) is 17.6. The van der Waals surface area contributed by atoms with Gasteiger partial charge in [-0.15, -0.1) is 0 Å². The van der Waals surface area contributed by atoms with Crippen LogP contribution in [0.3, 0.4) is 0 Å². The SMILES string of the molecule is CC.Cc1cn2cc(-c3cc(S(C)(=O)=O)c4c(=O)n(C5CCB(C#N)CC5)ccc4c3)cc(F)c2n1. The Hall–Kier alpha value is -3.45. The van der Waals surface area contributed by atoms with Gasteiger partial charge in [-0.2, -0.15) is 0 Å². The lowest BCUT2D eigenvalue weighted by molar-refractivity contribution is 0.444. The summed E-state index contributed by atoms with van der Waals surface area (Å²) in [6, 6.07) is 6.15. The molecule has 0 aliphatic carbocycles. The molecule has 0 saturated carbocycles. The first-order valence-corrected chi connectivity index (χ1v) is 14.0. The molecule has 1 saturated heterocycles. The molecule has 0 N–H and O–H groups in total. The van der Waals surface area contributed by atoms with Crippen molar-refractivity contribution in [3.05, 3.63) is 64.7 Å². The molecular formula is C26H28BFN4O3S. The quantitative estimate of drug-likeness (QED) is 0.361. The van der Waals surface area contributed by atoms with Crippen LogP contribution in [-0.2, 0) is 9.84 Å². The number of sulfone groups is 1. The van der Waals surface area contributed by atoms with Crippen LogP contribution in [0.5, 0.6) is 0 Å². The predicted molar refractivity (Wildman–Crippen MR) is 141 cm³/mol. The maximum atomic E-state index is 14.7. The Kier molecular flexibility index (Phi) is 7.05. The molecule has 5 rings (SSSR count). The van der Waals surface area contributed by atoms with Crippen LogP contribution in [0.2, 0.25) is 12.6 Å². The van der Waals surface area contributed by atoms with Crippen LogP contribution in [0.4, 0.5) is 4.39 Å². The van der Waals surface area contributed by atoms with E-state index in [-0.39, 0.29) is 34.2 Å². The van der Waals surface area contributed by atoms with E-state index in [9.17, 15) is 17.6 Å². The molecule has 186 valence electrons. The molecule has 4 heterocycles. The lowest BCUT2D eigenvalue weighted by Gasteiger charge is -2.25. The molecule has 7 nitrogen and oxygen atoms in total. The molecule has 1 fully saturated rings. The number of fused-ring (bicyclic) bond motifs is 2. The van der Waals surface area contributed by atoms with Gasteiger partial charge in [-0.1, -0.05) is 26.5 Å². The first kappa shape index (κ1) is 25.6. The summed E-state index contributed by atoms with van der Waals surface area (Å²) in [7, 11) is -3.76. The normalized spacial score (nSPS) is 14.5. The fourth-order valence-corrected chi connectivity index (χ4v) is 5.84. The number of imidazole rings is 1. The zero-order valence-electron chi connectivity index (χ0n) is 20.8. The van der Waals surface area contributed by atoms with Gasteiger partial charge >= 0.3 is 0 Å². The molecule has 0 unspecified atom stereocenters. The average molecular weight is 506 g/mol. The van der Waals surface area contributed by atoms with Crippen molar-refractivity contribution in [3.63, 3.8) is 0 Å². The summed E-state index contributed by atoms with van der Waals surface area (Å²) in [6.07, 6.45) is 8.97. The summed E-state index contributed by atoms with van der Waals surface area (Å²) in [5.41, 5.74) is 1.46. The minimum Gasteiger partial charge on any atom is -0.312 e. The largest absolute Gasteiger partial charge is 0.312 e. The summed E-state index contributed by atoms with van der Waals surface area (Å²) in [5, 5.41) is 9.77. The number of hydrogen-bond acceptors (Lipinski definition) is 5. The van der Waals surface area contributed by atoms with Crippen LogP contribution in [0.1, 0.15) is 38.4 Å². The monoisotopic (exact) mass is 506 g/mol. The van der Waals surface area contributed by atoms with E-state index in [1.807, 2.05) is 13.8 Å². The van der Waals surface area contributed by atoms with E-state index >= 15 is 0 Å². The summed E-state index contributed by atoms with van der Waals surface area (Å²) >= 11 is 0. The van der Waals surface area contributed by atoms with Gasteiger partial charge < -0.3 is 8.97 Å². The van der Waals surface area contributed by atoms with Crippen molar-refractivity contribution >= 4 is 33.0 Å². The van der Waals surface area contributed by atoms with Gasteiger partial charge in [0.2, 0.25) is 0 Å². The first-order chi connectivity index (χ1) is 17.2. The molecule has 4 aromatic rings. The van der Waals surface area contributed by atoms with E-state index in [0.717, 1.165) is 6.26 Å². The minimum atomic E-state index is -3.76. The molecule has 1 aliphatic heterocycles. The number of aromatic nitrogens is 3. The van der Waals surface area contributed by atoms with Gasteiger partial charge in [0, 0.05) is 42.4 Å². The number of nitriles is 1. The van der Waals surface area contributed by atoms with E-state index in [1.54, 1.807) is 46.6 Å². The fourth-order valence-electron chi connectivity index (χ4n) is 4.92. The van der Waals surface area contributed by atoms with Crippen molar-refractivity contribution in [2.75, 3.05) is 6.26 Å². The van der Waals surface area contributed by atoms with Gasteiger partial charge in [0.05, 0.1) is 16.0 Å². The zero-order chi connectivity index (χ0) is 26.2. The van der Waals surface area contributed by atoms with Crippen molar-refractivity contribution in [1.82, 2.24) is 14.0 Å². The Bertz CT molecular complexity index is 1660. The van der Waals surface area contributed by atoms with Gasteiger partial charge in [0.25, 0.3) is 12.3 Å². The highest BCUT2D eigenvalue weighted by molar-refractivity contribution is 7.91. The van der Waals surface area contributed by atoms with Crippen LogP contribution < -0.4 is 5.56 Å². The number of pyridine rings is 2. The van der Waals surface area contributed by atoms with Crippen molar-refractivity contribution in [2.24, 2.45) is 0 Å². The highest BCUT2D eigenvalue weighted by atomic mass is 32.2. The number of hydrogen-bond donors (Lipinski definition) is 0. The fraction of sp³-hybridized carbons (Fsp3) is 0.346. The second kappa shape index (κ2) is 9.90. The van der Waals surface area contributed by atoms with Crippen molar-refractivity contribution in [3.8, 4) is 17.1 Å². The summed E-state index contributed by atoms with van der Waals surface area (Å²) < 4.78 is 43.4. The van der Waals surface area contributed by atoms with Gasteiger partial charge in [-0.05, 0) is 55.0 Å². The Morgan fingerprint density at radius 1 is 1.14 bits per heavy atom. The topological polar surface area (TPSA) is 97.2 Å². The van der Waals surface area contributed by atoms with Crippen LogP contribution >= 0.6 is 0 Å². The van der Waals surface area contributed by atoms with E-state index in [1.165, 1.54) is 12.1 Å². The Labute approximate surface area is 210 Å². The number of nitrogens with zero attached hydrogens (tertiary/aromatic N) is 4. The summed E-state index contributed by atoms with van der Waals surface area (Å²) in [6.45, 7) is 5.76. The van der Waals surface area contributed by atoms with E-state index in [0.29, 0.717) is 47.7 Å². The third-order valence-electron chi connectivity index (χ3n) is 6.63. The van der Waals surface area contributed by atoms with Gasteiger partial charge in [0.1, 0.15) is 0 Å². The predicted octanol–water partition coefficient (Wildman–Crippen LogP) is 5.09. The molecule has 0 radical (unpaired) electrons.